The van der Waals surface area contributed by atoms with Gasteiger partial charge in [-0.05, 0) is 55.0 Å². The molecule has 0 atom stereocenters. The number of anilines is 1. The molecule has 5 nitrogen and oxygen atoms in total. The number of fused-ring (bicyclic) bond motifs is 1. The summed E-state index contributed by atoms with van der Waals surface area (Å²) in [6.45, 7) is 5.20. The van der Waals surface area contributed by atoms with Gasteiger partial charge in [0.05, 0.1) is 23.4 Å². The number of rotatable bonds is 10. The van der Waals surface area contributed by atoms with Crippen molar-refractivity contribution in [2.75, 3.05) is 50.0 Å². The Kier molecular flexibility index (Phi) is 10.8. The van der Waals surface area contributed by atoms with Crippen molar-refractivity contribution in [2.24, 2.45) is 0 Å². The quantitative estimate of drug-likeness (QED) is 0.240. The largest absolute Gasteiger partial charge is 0.379 e. The molecule has 1 amide bonds. The van der Waals surface area contributed by atoms with Gasteiger partial charge in [0.25, 0.3) is 0 Å². The van der Waals surface area contributed by atoms with Crippen LogP contribution in [0.5, 0.6) is 0 Å². The fourth-order valence-corrected chi connectivity index (χ4v) is 5.65. The maximum absolute atomic E-state index is 13.2. The number of morpholine rings is 1. The monoisotopic (exact) mass is 525 g/mol. The van der Waals surface area contributed by atoms with Crippen LogP contribution >= 0.6 is 47.1 Å². The van der Waals surface area contributed by atoms with E-state index in [9.17, 15) is 4.79 Å². The van der Waals surface area contributed by atoms with Crippen molar-refractivity contribution in [2.45, 2.75) is 24.2 Å². The Balaban J connectivity index is 0.00000306. The summed E-state index contributed by atoms with van der Waals surface area (Å²) in [6, 6.07) is 15.9. The highest BCUT2D eigenvalue weighted by molar-refractivity contribution is 7.99. The fourth-order valence-electron chi connectivity index (χ4n) is 3.66. The van der Waals surface area contributed by atoms with Crippen LogP contribution in [0.3, 0.4) is 0 Å². The normalized spacial score (nSPS) is 14.2. The minimum Gasteiger partial charge on any atom is -0.379 e. The van der Waals surface area contributed by atoms with Crippen LogP contribution in [0.25, 0.3) is 10.2 Å². The van der Waals surface area contributed by atoms with Crippen LogP contribution in [-0.4, -0.2) is 60.9 Å². The van der Waals surface area contributed by atoms with Gasteiger partial charge >= 0.3 is 0 Å². The highest BCUT2D eigenvalue weighted by Gasteiger charge is 2.20. The molecular weight excluding hydrogens is 497 g/mol. The van der Waals surface area contributed by atoms with E-state index in [1.54, 1.807) is 23.1 Å². The number of halogens is 2. The molecule has 33 heavy (non-hydrogen) atoms. The lowest BCUT2D eigenvalue weighted by Crippen LogP contribution is -2.39. The molecule has 0 saturated carbocycles. The van der Waals surface area contributed by atoms with E-state index in [2.05, 4.69) is 11.0 Å². The van der Waals surface area contributed by atoms with Crippen molar-refractivity contribution >= 4 is 68.4 Å². The number of hydrogen-bond acceptors (Lipinski definition) is 6. The van der Waals surface area contributed by atoms with Crippen LogP contribution in [0.1, 0.15) is 19.3 Å². The molecule has 1 fully saturated rings. The molecule has 1 saturated heterocycles. The van der Waals surface area contributed by atoms with Crippen molar-refractivity contribution < 1.29 is 9.53 Å². The lowest BCUT2D eigenvalue weighted by Gasteiger charge is -2.27. The topological polar surface area (TPSA) is 45.7 Å². The summed E-state index contributed by atoms with van der Waals surface area (Å²) in [5.74, 6) is 1.05. The number of para-hydroxylation sites is 1. The van der Waals surface area contributed by atoms with Gasteiger partial charge in [0.1, 0.15) is 0 Å². The number of carbonyl (C=O) groups excluding carboxylic acids is 1. The zero-order valence-electron chi connectivity index (χ0n) is 18.5. The molecule has 9 heteroatoms. The van der Waals surface area contributed by atoms with E-state index >= 15 is 0 Å². The smallest absolute Gasteiger partial charge is 0.228 e. The molecule has 4 rings (SSSR count). The summed E-state index contributed by atoms with van der Waals surface area (Å²) in [7, 11) is 0. The maximum Gasteiger partial charge on any atom is 0.228 e. The first kappa shape index (κ1) is 26.3. The highest BCUT2D eigenvalue weighted by atomic mass is 35.5. The minimum absolute atomic E-state index is 0. The van der Waals surface area contributed by atoms with Crippen LogP contribution in [0.15, 0.2) is 53.4 Å². The zero-order valence-corrected chi connectivity index (χ0v) is 21.7. The summed E-state index contributed by atoms with van der Waals surface area (Å²) in [5, 5.41) is 1.55. The first-order valence-electron chi connectivity index (χ1n) is 11.0. The molecule has 2 heterocycles. The summed E-state index contributed by atoms with van der Waals surface area (Å²) in [4.78, 5) is 23.4. The minimum atomic E-state index is 0. The molecule has 1 aromatic heterocycles. The molecule has 1 aliphatic rings. The number of benzene rings is 2. The third kappa shape index (κ3) is 7.84. The maximum atomic E-state index is 13.2. The Morgan fingerprint density at radius 2 is 1.88 bits per heavy atom. The van der Waals surface area contributed by atoms with Crippen LogP contribution in [-0.2, 0) is 9.53 Å². The third-order valence-electron chi connectivity index (χ3n) is 5.39. The van der Waals surface area contributed by atoms with E-state index in [0.29, 0.717) is 13.0 Å². The zero-order chi connectivity index (χ0) is 22.2. The number of aromatic nitrogens is 1. The number of thioether (sulfide) groups is 1. The molecule has 0 radical (unpaired) electrons. The van der Waals surface area contributed by atoms with E-state index in [0.717, 1.165) is 71.8 Å². The summed E-state index contributed by atoms with van der Waals surface area (Å²) >= 11 is 9.31. The standard InChI is InChI=1S/C24H28ClN3O2S2.ClH/c25-19-8-10-20(11-9-19)31-18-3-7-23(29)28(13-4-12-27-14-16-30-17-15-27)24-26-21-5-1-2-6-22(21)32-24;/h1-2,5-6,8-11H,3-4,7,12-18H2;1H. The number of ether oxygens (including phenoxy) is 1. The highest BCUT2D eigenvalue weighted by Crippen LogP contribution is 2.29. The lowest BCUT2D eigenvalue weighted by molar-refractivity contribution is -0.118. The average molecular weight is 527 g/mol. The Bertz CT molecular complexity index is 977. The number of carbonyl (C=O) groups is 1. The van der Waals surface area contributed by atoms with Gasteiger partial charge in [-0.3, -0.25) is 14.6 Å². The van der Waals surface area contributed by atoms with Gasteiger partial charge < -0.3 is 4.74 Å². The fraction of sp³-hybridized carbons (Fsp3) is 0.417. The van der Waals surface area contributed by atoms with E-state index in [-0.39, 0.29) is 18.3 Å². The van der Waals surface area contributed by atoms with Crippen molar-refractivity contribution in [1.29, 1.82) is 0 Å². The molecule has 0 bridgehead atoms. The van der Waals surface area contributed by atoms with Crippen LogP contribution in [0.2, 0.25) is 5.02 Å². The van der Waals surface area contributed by atoms with Gasteiger partial charge in [-0.1, -0.05) is 35.1 Å². The van der Waals surface area contributed by atoms with Gasteiger partial charge in [-0.25, -0.2) is 4.98 Å². The number of thiazole rings is 1. The van der Waals surface area contributed by atoms with Crippen molar-refractivity contribution in [3.8, 4) is 0 Å². The second-order valence-electron chi connectivity index (χ2n) is 7.72. The Hall–Kier alpha value is -1.35. The Labute approximate surface area is 214 Å². The molecule has 0 N–H and O–H groups in total. The van der Waals surface area contributed by atoms with Crippen molar-refractivity contribution in [1.82, 2.24) is 9.88 Å². The summed E-state index contributed by atoms with van der Waals surface area (Å²) in [6.07, 6.45) is 2.28. The molecule has 0 spiro atoms. The predicted molar refractivity (Wildman–Crippen MR) is 143 cm³/mol. The average Bonchev–Trinajstić information content (AvgIpc) is 3.25. The second-order valence-corrected chi connectivity index (χ2v) is 10.3. The van der Waals surface area contributed by atoms with Crippen LogP contribution < -0.4 is 4.90 Å². The van der Waals surface area contributed by atoms with Gasteiger partial charge in [0.2, 0.25) is 5.91 Å². The van der Waals surface area contributed by atoms with E-state index < -0.39 is 0 Å². The van der Waals surface area contributed by atoms with Crippen molar-refractivity contribution in [3.63, 3.8) is 0 Å². The van der Waals surface area contributed by atoms with Gasteiger partial charge in [0.15, 0.2) is 5.13 Å². The van der Waals surface area contributed by atoms with E-state index in [1.165, 1.54) is 4.90 Å². The van der Waals surface area contributed by atoms with Gasteiger partial charge in [-0.2, -0.15) is 0 Å². The molecule has 0 unspecified atom stereocenters. The van der Waals surface area contributed by atoms with Gasteiger partial charge in [0, 0.05) is 42.5 Å². The summed E-state index contributed by atoms with van der Waals surface area (Å²) < 4.78 is 6.56. The number of hydrogen-bond donors (Lipinski definition) is 0. The van der Waals surface area contributed by atoms with E-state index in [1.807, 2.05) is 47.4 Å². The van der Waals surface area contributed by atoms with Crippen LogP contribution in [0, 0.1) is 0 Å². The Morgan fingerprint density at radius 3 is 2.64 bits per heavy atom. The van der Waals surface area contributed by atoms with Crippen molar-refractivity contribution in [3.05, 3.63) is 53.6 Å². The molecule has 2 aromatic carbocycles. The predicted octanol–water partition coefficient (Wildman–Crippen LogP) is 6.00. The number of nitrogens with zero attached hydrogens (tertiary/aromatic N) is 3. The Morgan fingerprint density at radius 1 is 1.12 bits per heavy atom. The van der Waals surface area contributed by atoms with Crippen LogP contribution in [0.4, 0.5) is 5.13 Å². The first-order chi connectivity index (χ1) is 15.7. The second kappa shape index (κ2) is 13.5. The molecule has 3 aromatic rings. The summed E-state index contributed by atoms with van der Waals surface area (Å²) in [5.41, 5.74) is 0.955. The SMILES string of the molecule is Cl.O=C(CCCSc1ccc(Cl)cc1)N(CCCN1CCOCC1)c1nc2ccccc2s1. The lowest BCUT2D eigenvalue weighted by atomic mass is 10.2. The number of amides is 1. The molecule has 1 aliphatic heterocycles. The van der Waals surface area contributed by atoms with E-state index in [4.69, 9.17) is 21.3 Å². The van der Waals surface area contributed by atoms with Gasteiger partial charge in [-0.15, -0.1) is 24.2 Å². The third-order valence-corrected chi connectivity index (χ3v) is 7.80. The molecular formula is C24H29Cl2N3O2S2. The molecule has 0 aliphatic carbocycles. The first-order valence-corrected chi connectivity index (χ1v) is 13.2. The molecule has 178 valence electrons.